The van der Waals surface area contributed by atoms with Crippen molar-refractivity contribution in [3.05, 3.63) is 77.4 Å². The van der Waals surface area contributed by atoms with Gasteiger partial charge < -0.3 is 9.47 Å². The number of halogens is 1. The second kappa shape index (κ2) is 8.13. The number of rotatable bonds is 6. The fourth-order valence-corrected chi connectivity index (χ4v) is 3.21. The summed E-state index contributed by atoms with van der Waals surface area (Å²) >= 11 is 3.78. The van der Waals surface area contributed by atoms with Crippen molar-refractivity contribution in [1.82, 2.24) is 0 Å². The Morgan fingerprint density at radius 3 is 2.41 bits per heavy atom. The number of esters is 1. The van der Waals surface area contributed by atoms with Crippen LogP contribution >= 0.6 is 15.9 Å². The van der Waals surface area contributed by atoms with Gasteiger partial charge in [0.05, 0.1) is 7.11 Å². The van der Waals surface area contributed by atoms with Crippen molar-refractivity contribution in [1.29, 1.82) is 0 Å². The van der Waals surface area contributed by atoms with Gasteiger partial charge in [-0.2, -0.15) is 0 Å². The first-order valence-corrected chi connectivity index (χ1v) is 9.76. The van der Waals surface area contributed by atoms with E-state index in [0.717, 1.165) is 22.8 Å². The van der Waals surface area contributed by atoms with Gasteiger partial charge in [0.2, 0.25) is 0 Å². The molecular formula is C23H23BrO3. The Hall–Kier alpha value is -2.33. The largest absolute Gasteiger partial charge is 0.488 e. The molecule has 1 unspecified atom stereocenters. The quantitative estimate of drug-likeness (QED) is 0.346. The van der Waals surface area contributed by atoms with E-state index >= 15 is 0 Å². The summed E-state index contributed by atoms with van der Waals surface area (Å²) in [4.78, 5) is 12.2. The fraction of sp³-hybridized carbons (Fsp3) is 0.261. The summed E-state index contributed by atoms with van der Waals surface area (Å²) < 4.78 is 10.9. The van der Waals surface area contributed by atoms with E-state index in [4.69, 9.17) is 9.47 Å². The lowest BCUT2D eigenvalue weighted by Gasteiger charge is -2.21. The second-order valence-electron chi connectivity index (χ2n) is 6.73. The lowest BCUT2D eigenvalue weighted by atomic mass is 9.97. The van der Waals surface area contributed by atoms with Crippen molar-refractivity contribution in [3.8, 4) is 5.75 Å². The standard InChI is InChI=1S/C23H23BrO3/c1-4-23(2,24)19-11-7-8-16(12-19)15-27-21-14-18-10-6-5-9-17(18)13-20(21)22(25)26-3/h5-14H,4,15H2,1-3H3. The maximum absolute atomic E-state index is 12.2. The zero-order valence-electron chi connectivity index (χ0n) is 15.8. The molecular weight excluding hydrogens is 404 g/mol. The number of ether oxygens (including phenoxy) is 2. The van der Waals surface area contributed by atoms with Crippen LogP contribution in [-0.2, 0) is 15.7 Å². The van der Waals surface area contributed by atoms with E-state index in [1.54, 1.807) is 0 Å². The Morgan fingerprint density at radius 1 is 1.04 bits per heavy atom. The lowest BCUT2D eigenvalue weighted by molar-refractivity contribution is 0.0596. The average Bonchev–Trinajstić information content (AvgIpc) is 2.71. The molecule has 1 atom stereocenters. The molecule has 0 aliphatic rings. The highest BCUT2D eigenvalue weighted by molar-refractivity contribution is 9.09. The fourth-order valence-electron chi connectivity index (χ4n) is 2.96. The molecule has 0 amide bonds. The van der Waals surface area contributed by atoms with Gasteiger partial charge >= 0.3 is 5.97 Å². The van der Waals surface area contributed by atoms with E-state index in [2.05, 4.69) is 41.9 Å². The van der Waals surface area contributed by atoms with Gasteiger partial charge in [-0.1, -0.05) is 71.4 Å². The predicted octanol–water partition coefficient (Wildman–Crippen LogP) is 6.23. The van der Waals surface area contributed by atoms with Gasteiger partial charge in [0.15, 0.2) is 0 Å². The summed E-state index contributed by atoms with van der Waals surface area (Å²) in [7, 11) is 1.38. The molecule has 0 aliphatic carbocycles. The zero-order valence-corrected chi connectivity index (χ0v) is 17.4. The number of carbonyl (C=O) groups is 1. The third-order valence-electron chi connectivity index (χ3n) is 4.84. The van der Waals surface area contributed by atoms with E-state index in [1.807, 2.05) is 48.5 Å². The van der Waals surface area contributed by atoms with Gasteiger partial charge in [0, 0.05) is 4.32 Å². The van der Waals surface area contributed by atoms with Crippen LogP contribution in [0.15, 0.2) is 60.7 Å². The molecule has 27 heavy (non-hydrogen) atoms. The van der Waals surface area contributed by atoms with Crippen LogP contribution in [0, 0.1) is 0 Å². The average molecular weight is 427 g/mol. The normalized spacial score (nSPS) is 13.2. The van der Waals surface area contributed by atoms with Gasteiger partial charge in [-0.25, -0.2) is 4.79 Å². The lowest BCUT2D eigenvalue weighted by Crippen LogP contribution is -2.12. The van der Waals surface area contributed by atoms with Crippen LogP contribution in [0.4, 0.5) is 0 Å². The van der Waals surface area contributed by atoms with Crippen molar-refractivity contribution in [2.75, 3.05) is 7.11 Å². The molecule has 0 spiro atoms. The van der Waals surface area contributed by atoms with Crippen LogP contribution in [-0.4, -0.2) is 13.1 Å². The molecule has 0 aromatic heterocycles. The van der Waals surface area contributed by atoms with Crippen LogP contribution < -0.4 is 4.74 Å². The van der Waals surface area contributed by atoms with Gasteiger partial charge in [-0.15, -0.1) is 0 Å². The molecule has 4 heteroatoms. The summed E-state index contributed by atoms with van der Waals surface area (Å²) in [5, 5.41) is 2.00. The number of alkyl halides is 1. The molecule has 3 nitrogen and oxygen atoms in total. The SMILES string of the molecule is CCC(C)(Br)c1cccc(COc2cc3ccccc3cc2C(=O)OC)c1. The first-order valence-electron chi connectivity index (χ1n) is 8.97. The predicted molar refractivity (Wildman–Crippen MR) is 113 cm³/mol. The van der Waals surface area contributed by atoms with Crippen LogP contribution in [0.2, 0.25) is 0 Å². The minimum Gasteiger partial charge on any atom is -0.488 e. The van der Waals surface area contributed by atoms with Crippen LogP contribution in [0.25, 0.3) is 10.8 Å². The number of carbonyl (C=O) groups excluding carboxylic acids is 1. The topological polar surface area (TPSA) is 35.5 Å². The number of hydrogen-bond donors (Lipinski definition) is 0. The first kappa shape index (κ1) is 19.4. The molecule has 3 aromatic rings. The smallest absolute Gasteiger partial charge is 0.341 e. The number of benzene rings is 3. The molecule has 3 rings (SSSR count). The summed E-state index contributed by atoms with van der Waals surface area (Å²) in [5.41, 5.74) is 2.69. The monoisotopic (exact) mass is 426 g/mol. The van der Waals surface area contributed by atoms with Gasteiger partial charge in [0.1, 0.15) is 17.9 Å². The molecule has 0 fully saturated rings. The Bertz CT molecular complexity index is 963. The Labute approximate surface area is 168 Å². The van der Waals surface area contributed by atoms with Crippen molar-refractivity contribution in [2.45, 2.75) is 31.2 Å². The number of hydrogen-bond acceptors (Lipinski definition) is 3. The summed E-state index contributed by atoms with van der Waals surface area (Å²) in [5.74, 6) is 0.131. The second-order valence-corrected chi connectivity index (χ2v) is 8.48. The zero-order chi connectivity index (χ0) is 19.4. The molecule has 0 saturated heterocycles. The Kier molecular flexibility index (Phi) is 5.85. The van der Waals surface area contributed by atoms with E-state index in [-0.39, 0.29) is 4.32 Å². The highest BCUT2D eigenvalue weighted by atomic mass is 79.9. The van der Waals surface area contributed by atoms with Gasteiger partial charge in [0.25, 0.3) is 0 Å². The summed E-state index contributed by atoms with van der Waals surface area (Å²) in [6.45, 7) is 4.68. The minimum absolute atomic E-state index is 0.0663. The van der Waals surface area contributed by atoms with Crippen molar-refractivity contribution >= 4 is 32.7 Å². The van der Waals surface area contributed by atoms with Crippen LogP contribution in [0.3, 0.4) is 0 Å². The molecule has 0 radical (unpaired) electrons. The molecule has 0 aliphatic heterocycles. The highest BCUT2D eigenvalue weighted by Gasteiger charge is 2.20. The molecule has 0 saturated carbocycles. The third-order valence-corrected chi connectivity index (χ3v) is 5.86. The summed E-state index contributed by atoms with van der Waals surface area (Å²) in [6.07, 6.45) is 0.981. The van der Waals surface area contributed by atoms with Crippen molar-refractivity contribution in [3.63, 3.8) is 0 Å². The van der Waals surface area contributed by atoms with Crippen LogP contribution in [0.5, 0.6) is 5.75 Å². The first-order chi connectivity index (χ1) is 12.9. The maximum atomic E-state index is 12.2. The van der Waals surface area contributed by atoms with E-state index in [9.17, 15) is 4.79 Å². The Balaban J connectivity index is 1.90. The molecule has 0 bridgehead atoms. The highest BCUT2D eigenvalue weighted by Crippen LogP contribution is 2.34. The van der Waals surface area contributed by atoms with Crippen molar-refractivity contribution in [2.24, 2.45) is 0 Å². The molecule has 3 aromatic carbocycles. The number of methoxy groups -OCH3 is 1. The van der Waals surface area contributed by atoms with Gasteiger partial charge in [-0.3, -0.25) is 0 Å². The van der Waals surface area contributed by atoms with Crippen molar-refractivity contribution < 1.29 is 14.3 Å². The number of fused-ring (bicyclic) bond motifs is 1. The minimum atomic E-state index is -0.400. The van der Waals surface area contributed by atoms with E-state index in [1.165, 1.54) is 12.7 Å². The van der Waals surface area contributed by atoms with Crippen LogP contribution in [0.1, 0.15) is 41.8 Å². The maximum Gasteiger partial charge on any atom is 0.341 e. The van der Waals surface area contributed by atoms with E-state index < -0.39 is 5.97 Å². The van der Waals surface area contributed by atoms with Gasteiger partial charge in [-0.05, 0) is 47.4 Å². The molecule has 140 valence electrons. The molecule has 0 N–H and O–H groups in total. The molecule has 0 heterocycles. The van der Waals surface area contributed by atoms with E-state index in [0.29, 0.717) is 17.9 Å². The Morgan fingerprint density at radius 2 is 1.74 bits per heavy atom. The summed E-state index contributed by atoms with van der Waals surface area (Å²) in [6, 6.07) is 19.9. The third kappa shape index (κ3) is 4.33.